The first kappa shape index (κ1) is 28.5. The number of nitrogens with one attached hydrogen (secondary N) is 1. The van der Waals surface area contributed by atoms with Crippen LogP contribution in [0.5, 0.6) is 0 Å². The van der Waals surface area contributed by atoms with Gasteiger partial charge in [-0.15, -0.1) is 0 Å². The van der Waals surface area contributed by atoms with E-state index in [1.165, 1.54) is 64.1 Å². The maximum atomic E-state index is 9.77. The van der Waals surface area contributed by atoms with Crippen molar-refractivity contribution in [3.8, 4) is 5.69 Å². The predicted molar refractivity (Wildman–Crippen MR) is 149 cm³/mol. The average Bonchev–Trinajstić information content (AvgIpc) is 3.21. The normalized spacial score (nSPS) is 16.7. The summed E-state index contributed by atoms with van der Waals surface area (Å²) in [4.78, 5) is 27.3. The number of aromatic nitrogens is 2. The van der Waals surface area contributed by atoms with Crippen molar-refractivity contribution in [2.75, 3.05) is 31.1 Å². The van der Waals surface area contributed by atoms with E-state index in [4.69, 9.17) is 25.4 Å². The van der Waals surface area contributed by atoms with Crippen LogP contribution in [0.25, 0.3) is 16.7 Å². The maximum Gasteiger partial charge on any atom is 0.335 e. The van der Waals surface area contributed by atoms with Gasteiger partial charge in [0.05, 0.1) is 5.69 Å². The summed E-state index contributed by atoms with van der Waals surface area (Å²) in [5, 5.41) is 37.4. The van der Waals surface area contributed by atoms with Gasteiger partial charge in [-0.25, -0.2) is 14.6 Å². The Hall–Kier alpha value is -3.47. The number of benzene rings is 1. The van der Waals surface area contributed by atoms with E-state index in [-0.39, 0.29) is 0 Å². The fourth-order valence-electron chi connectivity index (χ4n) is 5.82. The van der Waals surface area contributed by atoms with E-state index in [2.05, 4.69) is 60.7 Å². The first-order chi connectivity index (χ1) is 18.5. The molecule has 210 valence electrons. The van der Waals surface area contributed by atoms with Crippen molar-refractivity contribution < 1.29 is 30.0 Å². The molecule has 1 saturated heterocycles. The number of pyridine rings is 1. The zero-order valence-electron chi connectivity index (χ0n) is 23.0. The van der Waals surface area contributed by atoms with Crippen LogP contribution in [-0.4, -0.2) is 80.3 Å². The third-order valence-corrected chi connectivity index (χ3v) is 7.45. The highest BCUT2D eigenvalue weighted by molar-refractivity contribution is 5.96. The summed E-state index contributed by atoms with van der Waals surface area (Å²) < 4.78 is 2.52. The van der Waals surface area contributed by atoms with Crippen LogP contribution < -0.4 is 10.2 Å². The number of aliphatic hydroxyl groups is 2. The third-order valence-electron chi connectivity index (χ3n) is 7.45. The van der Waals surface area contributed by atoms with Crippen LogP contribution in [0.4, 0.5) is 5.69 Å². The molecule has 1 aliphatic carbocycles. The molecular weight excluding hydrogens is 500 g/mol. The topological polar surface area (TPSA) is 148 Å². The van der Waals surface area contributed by atoms with Crippen LogP contribution in [0, 0.1) is 27.7 Å². The first-order valence-electron chi connectivity index (χ1n) is 13.4. The van der Waals surface area contributed by atoms with Gasteiger partial charge in [-0.1, -0.05) is 17.7 Å². The Kier molecular flexibility index (Phi) is 8.58. The molecule has 2 aliphatic rings. The number of aliphatic carboxylic acids is 2. The first-order valence-corrected chi connectivity index (χ1v) is 13.4. The molecule has 1 aliphatic heterocycles. The molecular formula is C29H38N4O6. The molecule has 1 aromatic carbocycles. The van der Waals surface area contributed by atoms with Crippen molar-refractivity contribution in [2.45, 2.75) is 65.6 Å². The van der Waals surface area contributed by atoms with Gasteiger partial charge < -0.3 is 30.6 Å². The van der Waals surface area contributed by atoms with Crippen LogP contribution in [0.15, 0.2) is 18.2 Å². The van der Waals surface area contributed by atoms with Crippen LogP contribution in [0.1, 0.15) is 46.5 Å². The summed E-state index contributed by atoms with van der Waals surface area (Å²) in [6.07, 6.45) is 0.350. The van der Waals surface area contributed by atoms with E-state index in [1.54, 1.807) is 5.56 Å². The fraction of sp³-hybridized carbons (Fsp3) is 0.483. The molecule has 1 fully saturated rings. The predicted octanol–water partition coefficient (Wildman–Crippen LogP) is 2.42. The van der Waals surface area contributed by atoms with E-state index in [9.17, 15) is 9.59 Å². The Morgan fingerprint density at radius 3 is 2.03 bits per heavy atom. The number of nitrogens with zero attached hydrogens (tertiary/aromatic N) is 3. The SMILES string of the molecule is Cc1cc(C)c(-n2c3c(c4c(N5CCNCC5)cc(C)nc42)CCCC3)c(C)c1.O=C(O)C(O)C(O)C(=O)O. The van der Waals surface area contributed by atoms with Crippen LogP contribution in [-0.2, 0) is 22.4 Å². The maximum absolute atomic E-state index is 9.77. The summed E-state index contributed by atoms with van der Waals surface area (Å²) in [6, 6.07) is 6.95. The highest BCUT2D eigenvalue weighted by Crippen LogP contribution is 2.40. The average molecular weight is 539 g/mol. The molecule has 0 bridgehead atoms. The lowest BCUT2D eigenvalue weighted by molar-refractivity contribution is -0.165. The molecule has 0 saturated carbocycles. The quantitative estimate of drug-likeness (QED) is 0.330. The van der Waals surface area contributed by atoms with Crippen LogP contribution in [0.2, 0.25) is 0 Å². The monoisotopic (exact) mass is 538 g/mol. The van der Waals surface area contributed by atoms with Gasteiger partial charge in [-0.05, 0) is 76.1 Å². The summed E-state index contributed by atoms with van der Waals surface area (Å²) in [6.45, 7) is 13.1. The van der Waals surface area contributed by atoms with Crippen molar-refractivity contribution in [3.05, 3.63) is 51.8 Å². The van der Waals surface area contributed by atoms with Gasteiger partial charge in [0.25, 0.3) is 0 Å². The number of piperazine rings is 1. The number of aliphatic hydroxyl groups excluding tert-OH is 2. The zero-order chi connectivity index (χ0) is 28.4. The summed E-state index contributed by atoms with van der Waals surface area (Å²) in [7, 11) is 0. The van der Waals surface area contributed by atoms with Crippen molar-refractivity contribution in [2.24, 2.45) is 0 Å². The van der Waals surface area contributed by atoms with E-state index in [0.717, 1.165) is 38.3 Å². The van der Waals surface area contributed by atoms with Crippen molar-refractivity contribution in [1.29, 1.82) is 0 Å². The third kappa shape index (κ3) is 5.78. The molecule has 10 nitrogen and oxygen atoms in total. The second kappa shape index (κ2) is 11.7. The molecule has 5 N–H and O–H groups in total. The number of aryl methyl sites for hydroxylation is 5. The Morgan fingerprint density at radius 1 is 0.897 bits per heavy atom. The molecule has 2 unspecified atom stereocenters. The highest BCUT2D eigenvalue weighted by atomic mass is 16.4. The number of fused-ring (bicyclic) bond motifs is 3. The second-order valence-electron chi connectivity index (χ2n) is 10.5. The van der Waals surface area contributed by atoms with Crippen molar-refractivity contribution in [1.82, 2.24) is 14.9 Å². The molecule has 3 aromatic rings. The summed E-state index contributed by atoms with van der Waals surface area (Å²) >= 11 is 0. The number of hydrogen-bond acceptors (Lipinski definition) is 7. The molecule has 5 rings (SSSR count). The van der Waals surface area contributed by atoms with Gasteiger partial charge in [-0.3, -0.25) is 4.57 Å². The minimum atomic E-state index is -2.27. The van der Waals surface area contributed by atoms with Gasteiger partial charge in [-0.2, -0.15) is 0 Å². The van der Waals surface area contributed by atoms with Gasteiger partial charge in [0.1, 0.15) is 5.65 Å². The highest BCUT2D eigenvalue weighted by Gasteiger charge is 2.30. The molecule has 0 amide bonds. The summed E-state index contributed by atoms with van der Waals surface area (Å²) in [5.74, 6) is -3.54. The number of carboxylic acid groups (broad SMARTS) is 2. The number of carbonyl (C=O) groups is 2. The summed E-state index contributed by atoms with van der Waals surface area (Å²) in [5.41, 5.74) is 12.1. The minimum absolute atomic E-state index is 1.06. The number of carboxylic acids is 2. The van der Waals surface area contributed by atoms with E-state index < -0.39 is 24.1 Å². The standard InChI is InChI=1S/C25H32N4.C4H6O6/c1-16-13-17(2)24(18(3)14-16)29-21-8-6-5-7-20(21)23-22(15-19(4)27-25(23)29)28-11-9-26-10-12-28;5-1(3(7)8)2(6)4(9)10/h13-15,26H,5-12H2,1-4H3;1-2,5-6H,(H,7,8)(H,9,10). The van der Waals surface area contributed by atoms with E-state index in [1.807, 2.05) is 0 Å². The van der Waals surface area contributed by atoms with Gasteiger partial charge in [0.15, 0.2) is 12.2 Å². The second-order valence-corrected chi connectivity index (χ2v) is 10.5. The van der Waals surface area contributed by atoms with Gasteiger partial charge in [0.2, 0.25) is 0 Å². The molecule has 3 heterocycles. The van der Waals surface area contributed by atoms with Crippen LogP contribution >= 0.6 is 0 Å². The van der Waals surface area contributed by atoms with Gasteiger partial charge >= 0.3 is 11.9 Å². The molecule has 39 heavy (non-hydrogen) atoms. The van der Waals surface area contributed by atoms with Gasteiger partial charge in [0, 0.05) is 48.6 Å². The number of hydrogen-bond donors (Lipinski definition) is 5. The zero-order valence-corrected chi connectivity index (χ0v) is 23.0. The van der Waals surface area contributed by atoms with E-state index in [0.29, 0.717) is 0 Å². The largest absolute Gasteiger partial charge is 0.479 e. The molecule has 2 atom stereocenters. The molecule has 10 heteroatoms. The lowest BCUT2D eigenvalue weighted by Crippen LogP contribution is -2.43. The Morgan fingerprint density at radius 2 is 1.46 bits per heavy atom. The lowest BCUT2D eigenvalue weighted by Gasteiger charge is -2.30. The number of anilines is 1. The van der Waals surface area contributed by atoms with E-state index >= 15 is 0 Å². The van der Waals surface area contributed by atoms with Crippen LogP contribution in [0.3, 0.4) is 0 Å². The van der Waals surface area contributed by atoms with Crippen molar-refractivity contribution >= 4 is 28.7 Å². The Bertz CT molecular complexity index is 1350. The minimum Gasteiger partial charge on any atom is -0.479 e. The number of rotatable bonds is 5. The Balaban J connectivity index is 0.000000303. The molecule has 2 aromatic heterocycles. The molecule has 0 radical (unpaired) electrons. The lowest BCUT2D eigenvalue weighted by atomic mass is 9.94. The molecule has 0 spiro atoms. The van der Waals surface area contributed by atoms with Crippen molar-refractivity contribution in [3.63, 3.8) is 0 Å². The smallest absolute Gasteiger partial charge is 0.335 e. The Labute approximate surface area is 227 Å². The fourth-order valence-corrected chi connectivity index (χ4v) is 5.82.